The van der Waals surface area contributed by atoms with Crippen LogP contribution >= 0.6 is 0 Å². The Kier molecular flexibility index (Phi) is 2.76. The molecule has 78 valence electrons. The van der Waals surface area contributed by atoms with Crippen molar-refractivity contribution in [1.29, 1.82) is 0 Å². The minimum Gasteiger partial charge on any atom is -0.396 e. The van der Waals surface area contributed by atoms with E-state index in [2.05, 4.69) is 0 Å². The molecule has 0 saturated carbocycles. The fourth-order valence-electron chi connectivity index (χ4n) is 1.32. The Morgan fingerprint density at radius 3 is 2.36 bits per heavy atom. The first-order valence-electron chi connectivity index (χ1n) is 4.16. The second-order valence-electron chi connectivity index (χ2n) is 3.04. The van der Waals surface area contributed by atoms with E-state index in [1.54, 1.807) is 0 Å². The van der Waals surface area contributed by atoms with Crippen molar-refractivity contribution < 1.29 is 5.11 Å². The summed E-state index contributed by atoms with van der Waals surface area (Å²) in [6, 6.07) is 0. The Hall–Kier alpha value is -1.56. The van der Waals surface area contributed by atoms with Crippen LogP contribution in [0, 0.1) is 0 Å². The van der Waals surface area contributed by atoms with Crippen LogP contribution in [0.1, 0.15) is 5.69 Å². The predicted molar refractivity (Wildman–Crippen MR) is 52.1 cm³/mol. The molecule has 1 rings (SSSR count). The number of nitrogens with zero attached hydrogens (tertiary/aromatic N) is 2. The number of aromatic nitrogens is 2. The fraction of sp³-hybridized carbons (Fsp3) is 0.500. The van der Waals surface area contributed by atoms with Crippen LogP contribution in [0.2, 0.25) is 0 Å². The first kappa shape index (κ1) is 10.5. The minimum atomic E-state index is -0.517. The lowest BCUT2D eigenvalue weighted by atomic mass is 10.2. The maximum Gasteiger partial charge on any atom is 0.330 e. The second-order valence-corrected chi connectivity index (χ2v) is 3.04. The van der Waals surface area contributed by atoms with E-state index in [9.17, 15) is 9.59 Å². The quantitative estimate of drug-likeness (QED) is 0.588. The third kappa shape index (κ3) is 1.44. The zero-order valence-electron chi connectivity index (χ0n) is 8.15. The number of nitrogen functional groups attached to an aromatic ring is 1. The van der Waals surface area contributed by atoms with Crippen LogP contribution in [0.25, 0.3) is 0 Å². The van der Waals surface area contributed by atoms with Crippen molar-refractivity contribution >= 4 is 5.69 Å². The predicted octanol–water partition coefficient (Wildman–Crippen LogP) is -1.80. The Morgan fingerprint density at radius 1 is 1.29 bits per heavy atom. The lowest BCUT2D eigenvalue weighted by Crippen LogP contribution is -2.40. The van der Waals surface area contributed by atoms with Gasteiger partial charge in [-0.3, -0.25) is 13.9 Å². The number of aliphatic hydroxyl groups is 1. The molecule has 0 fully saturated rings. The molecule has 0 bridgehead atoms. The number of rotatable bonds is 2. The third-order valence-electron chi connectivity index (χ3n) is 2.17. The molecule has 6 nitrogen and oxygen atoms in total. The van der Waals surface area contributed by atoms with Gasteiger partial charge >= 0.3 is 5.69 Å². The molecule has 0 aliphatic heterocycles. The summed E-state index contributed by atoms with van der Waals surface area (Å²) < 4.78 is 2.21. The summed E-state index contributed by atoms with van der Waals surface area (Å²) in [5, 5.41) is 8.74. The summed E-state index contributed by atoms with van der Waals surface area (Å²) in [4.78, 5) is 22.8. The molecule has 1 heterocycles. The molecule has 0 aliphatic carbocycles. The molecule has 1 aromatic heterocycles. The third-order valence-corrected chi connectivity index (χ3v) is 2.17. The van der Waals surface area contributed by atoms with Gasteiger partial charge < -0.3 is 10.8 Å². The molecule has 0 radical (unpaired) electrons. The highest BCUT2D eigenvalue weighted by Gasteiger charge is 2.11. The average Bonchev–Trinajstić information content (AvgIpc) is 2.19. The van der Waals surface area contributed by atoms with Crippen LogP contribution in [0.3, 0.4) is 0 Å². The van der Waals surface area contributed by atoms with Crippen LogP contribution < -0.4 is 17.0 Å². The highest BCUT2D eigenvalue weighted by Crippen LogP contribution is 2.02. The molecule has 14 heavy (non-hydrogen) atoms. The Bertz CT molecular complexity index is 421. The van der Waals surface area contributed by atoms with Gasteiger partial charge in [0, 0.05) is 27.1 Å². The van der Waals surface area contributed by atoms with Crippen molar-refractivity contribution in [3.05, 3.63) is 26.5 Å². The fourth-order valence-corrected chi connectivity index (χ4v) is 1.32. The molecule has 0 atom stereocenters. The van der Waals surface area contributed by atoms with Crippen LogP contribution in [0.15, 0.2) is 9.59 Å². The van der Waals surface area contributed by atoms with Crippen molar-refractivity contribution in [1.82, 2.24) is 9.13 Å². The lowest BCUT2D eigenvalue weighted by molar-refractivity contribution is 0.296. The van der Waals surface area contributed by atoms with Crippen LogP contribution in [0.5, 0.6) is 0 Å². The highest BCUT2D eigenvalue weighted by atomic mass is 16.3. The van der Waals surface area contributed by atoms with E-state index in [-0.39, 0.29) is 18.7 Å². The van der Waals surface area contributed by atoms with Gasteiger partial charge in [-0.25, -0.2) is 4.79 Å². The van der Waals surface area contributed by atoms with Gasteiger partial charge in [-0.15, -0.1) is 0 Å². The average molecular weight is 199 g/mol. The zero-order chi connectivity index (χ0) is 10.9. The normalized spacial score (nSPS) is 10.5. The number of hydrogen-bond acceptors (Lipinski definition) is 4. The van der Waals surface area contributed by atoms with Gasteiger partial charge in [-0.1, -0.05) is 0 Å². The van der Waals surface area contributed by atoms with Gasteiger partial charge in [-0.05, 0) is 0 Å². The first-order valence-corrected chi connectivity index (χ1v) is 4.16. The standard InChI is InChI=1S/C8H13N3O3/c1-10-5(3-4-12)6(9)7(13)11(2)8(10)14/h12H,3-4,9H2,1-2H3. The number of hydrogen-bond donors (Lipinski definition) is 2. The van der Waals surface area contributed by atoms with E-state index < -0.39 is 11.2 Å². The topological polar surface area (TPSA) is 90.2 Å². The van der Waals surface area contributed by atoms with Crippen molar-refractivity contribution in [2.45, 2.75) is 6.42 Å². The summed E-state index contributed by atoms with van der Waals surface area (Å²) in [7, 11) is 2.88. The molecule has 0 amide bonds. The zero-order valence-corrected chi connectivity index (χ0v) is 8.15. The Labute approximate surface area is 80.2 Å². The number of anilines is 1. The highest BCUT2D eigenvalue weighted by molar-refractivity contribution is 5.40. The van der Waals surface area contributed by atoms with E-state index >= 15 is 0 Å². The molecule has 6 heteroatoms. The SMILES string of the molecule is Cn1c(CCO)c(N)c(=O)n(C)c1=O. The molecule has 0 aromatic carbocycles. The number of aliphatic hydroxyl groups excluding tert-OH is 1. The van der Waals surface area contributed by atoms with E-state index in [4.69, 9.17) is 10.8 Å². The second kappa shape index (κ2) is 3.67. The molecular weight excluding hydrogens is 186 g/mol. The van der Waals surface area contributed by atoms with E-state index in [0.717, 1.165) is 4.57 Å². The largest absolute Gasteiger partial charge is 0.396 e. The maximum absolute atomic E-state index is 11.4. The first-order chi connectivity index (χ1) is 6.50. The minimum absolute atomic E-state index is 0.0173. The summed E-state index contributed by atoms with van der Waals surface area (Å²) in [5.41, 5.74) is 4.97. The molecule has 0 unspecified atom stereocenters. The van der Waals surface area contributed by atoms with Crippen LogP contribution in [0.4, 0.5) is 5.69 Å². The molecule has 0 aliphatic rings. The molecule has 3 N–H and O–H groups in total. The Balaban J connectivity index is 3.60. The molecular formula is C8H13N3O3. The van der Waals surface area contributed by atoms with Crippen molar-refractivity contribution in [2.24, 2.45) is 14.1 Å². The van der Waals surface area contributed by atoms with Gasteiger partial charge in [0.15, 0.2) is 0 Å². The van der Waals surface area contributed by atoms with Crippen molar-refractivity contribution in [2.75, 3.05) is 12.3 Å². The summed E-state index contributed by atoms with van der Waals surface area (Å²) >= 11 is 0. The van der Waals surface area contributed by atoms with Gasteiger partial charge in [0.1, 0.15) is 5.69 Å². The van der Waals surface area contributed by atoms with Crippen LogP contribution in [-0.4, -0.2) is 20.8 Å². The molecule has 0 saturated heterocycles. The number of nitrogens with two attached hydrogens (primary N) is 1. The monoisotopic (exact) mass is 199 g/mol. The molecule has 0 spiro atoms. The van der Waals surface area contributed by atoms with Crippen molar-refractivity contribution in [3.8, 4) is 0 Å². The van der Waals surface area contributed by atoms with Gasteiger partial charge in [0.25, 0.3) is 5.56 Å². The molecule has 1 aromatic rings. The van der Waals surface area contributed by atoms with Gasteiger partial charge in [0.05, 0.1) is 5.69 Å². The van der Waals surface area contributed by atoms with E-state index in [0.29, 0.717) is 5.69 Å². The van der Waals surface area contributed by atoms with E-state index in [1.807, 2.05) is 0 Å². The lowest BCUT2D eigenvalue weighted by Gasteiger charge is -2.10. The van der Waals surface area contributed by atoms with Crippen molar-refractivity contribution in [3.63, 3.8) is 0 Å². The summed E-state index contributed by atoms with van der Waals surface area (Å²) in [6.45, 7) is -0.148. The van der Waals surface area contributed by atoms with Gasteiger partial charge in [0.2, 0.25) is 0 Å². The van der Waals surface area contributed by atoms with Gasteiger partial charge in [-0.2, -0.15) is 0 Å². The maximum atomic E-state index is 11.4. The summed E-state index contributed by atoms with van der Waals surface area (Å²) in [6.07, 6.45) is 0.202. The Morgan fingerprint density at radius 2 is 1.86 bits per heavy atom. The van der Waals surface area contributed by atoms with E-state index in [1.165, 1.54) is 18.7 Å². The van der Waals surface area contributed by atoms with Crippen LogP contribution in [-0.2, 0) is 20.5 Å². The smallest absolute Gasteiger partial charge is 0.330 e. The summed E-state index contributed by atoms with van der Waals surface area (Å²) in [5.74, 6) is 0.